The number of carbonyl (C=O) groups excluding carboxylic acids is 1. The summed E-state index contributed by atoms with van der Waals surface area (Å²) in [4.78, 5) is 12.8. The van der Waals surface area contributed by atoms with Gasteiger partial charge >= 0.3 is 0 Å². The van der Waals surface area contributed by atoms with Gasteiger partial charge in [0.05, 0.1) is 6.42 Å². The minimum Gasteiger partial charge on any atom is -0.490 e. The standard InChI is InChI=1S/C26H29BrN2O2/c1-2-14-31-23-12-13-25-24(16-23)20(15-26(30)28-22-6-4-3-5-7-22)18-29(25)17-19-8-10-21(27)11-9-19/h2,8-13,16,18,22H,1,3-7,14-15,17H2,(H,28,30). The second-order valence-electron chi connectivity index (χ2n) is 8.27. The number of rotatable bonds is 8. The maximum absolute atomic E-state index is 12.8. The Hall–Kier alpha value is -2.53. The van der Waals surface area contributed by atoms with Crippen LogP contribution in [0, 0.1) is 0 Å². The highest BCUT2D eigenvalue weighted by Crippen LogP contribution is 2.28. The number of hydrogen-bond acceptors (Lipinski definition) is 2. The normalized spacial score (nSPS) is 14.5. The van der Waals surface area contributed by atoms with E-state index in [0.29, 0.717) is 19.1 Å². The predicted octanol–water partition coefficient (Wildman–Crippen LogP) is 6.01. The van der Waals surface area contributed by atoms with Crippen molar-refractivity contribution < 1.29 is 9.53 Å². The molecule has 4 rings (SSSR count). The first-order valence-electron chi connectivity index (χ1n) is 11.0. The van der Waals surface area contributed by atoms with Gasteiger partial charge in [0, 0.05) is 34.2 Å². The zero-order chi connectivity index (χ0) is 21.6. The molecule has 0 atom stereocenters. The third kappa shape index (κ3) is 5.59. The quantitative estimate of drug-likeness (QED) is 0.401. The van der Waals surface area contributed by atoms with Crippen LogP contribution < -0.4 is 10.1 Å². The first-order valence-corrected chi connectivity index (χ1v) is 11.8. The van der Waals surface area contributed by atoms with Gasteiger partial charge in [-0.3, -0.25) is 4.79 Å². The molecule has 1 amide bonds. The second kappa shape index (κ2) is 10.2. The molecule has 0 unspecified atom stereocenters. The topological polar surface area (TPSA) is 43.3 Å². The molecule has 0 bridgehead atoms. The Morgan fingerprint density at radius 3 is 2.68 bits per heavy atom. The summed E-state index contributed by atoms with van der Waals surface area (Å²) in [5, 5.41) is 4.32. The predicted molar refractivity (Wildman–Crippen MR) is 130 cm³/mol. The minimum atomic E-state index is 0.104. The van der Waals surface area contributed by atoms with E-state index in [2.05, 4.69) is 68.9 Å². The van der Waals surface area contributed by atoms with Crippen molar-refractivity contribution in [2.45, 2.75) is 51.1 Å². The molecule has 0 saturated heterocycles. The van der Waals surface area contributed by atoms with E-state index in [-0.39, 0.29) is 5.91 Å². The summed E-state index contributed by atoms with van der Waals surface area (Å²) >= 11 is 3.50. The van der Waals surface area contributed by atoms with Crippen molar-refractivity contribution in [3.8, 4) is 5.75 Å². The van der Waals surface area contributed by atoms with Crippen LogP contribution >= 0.6 is 15.9 Å². The largest absolute Gasteiger partial charge is 0.490 e. The molecule has 2 aromatic carbocycles. The zero-order valence-electron chi connectivity index (χ0n) is 17.8. The summed E-state index contributed by atoms with van der Waals surface area (Å²) in [7, 11) is 0. The molecule has 1 aromatic heterocycles. The molecule has 1 saturated carbocycles. The Morgan fingerprint density at radius 1 is 1.16 bits per heavy atom. The number of aromatic nitrogens is 1. The van der Waals surface area contributed by atoms with E-state index >= 15 is 0 Å². The van der Waals surface area contributed by atoms with E-state index in [0.717, 1.165) is 46.1 Å². The molecule has 1 fully saturated rings. The van der Waals surface area contributed by atoms with Crippen molar-refractivity contribution >= 4 is 32.7 Å². The van der Waals surface area contributed by atoms with Gasteiger partial charge in [-0.25, -0.2) is 0 Å². The van der Waals surface area contributed by atoms with Gasteiger partial charge in [-0.05, 0) is 54.3 Å². The summed E-state index contributed by atoms with van der Waals surface area (Å²) < 4.78 is 9.04. The molecule has 1 aliphatic rings. The molecule has 0 aliphatic heterocycles. The number of benzene rings is 2. The van der Waals surface area contributed by atoms with Crippen LogP contribution in [-0.4, -0.2) is 23.1 Å². The van der Waals surface area contributed by atoms with E-state index < -0.39 is 0 Å². The number of fused-ring (bicyclic) bond motifs is 1. The molecule has 3 aromatic rings. The third-order valence-electron chi connectivity index (χ3n) is 5.89. The number of ether oxygens (including phenoxy) is 1. The Balaban J connectivity index is 1.60. The van der Waals surface area contributed by atoms with Gasteiger partial charge in [0.1, 0.15) is 12.4 Å². The second-order valence-corrected chi connectivity index (χ2v) is 9.18. The molecule has 1 aliphatic carbocycles. The number of halogens is 1. The van der Waals surface area contributed by atoms with Gasteiger partial charge in [0.15, 0.2) is 0 Å². The first kappa shape index (κ1) is 21.7. The number of hydrogen-bond donors (Lipinski definition) is 1. The Kier molecular flexibility index (Phi) is 7.13. The SMILES string of the molecule is C=CCOc1ccc2c(c1)c(CC(=O)NC1CCCCC1)cn2Cc1ccc(Br)cc1. The van der Waals surface area contributed by atoms with Gasteiger partial charge in [0.2, 0.25) is 5.91 Å². The molecule has 1 heterocycles. The van der Waals surface area contributed by atoms with Crippen molar-refractivity contribution in [2.75, 3.05) is 6.61 Å². The van der Waals surface area contributed by atoms with E-state index in [1.54, 1.807) is 6.08 Å². The summed E-state index contributed by atoms with van der Waals surface area (Å²) in [6, 6.07) is 14.8. The van der Waals surface area contributed by atoms with Crippen LogP contribution in [0.1, 0.15) is 43.2 Å². The highest BCUT2D eigenvalue weighted by atomic mass is 79.9. The molecule has 0 radical (unpaired) electrons. The molecule has 0 spiro atoms. The minimum absolute atomic E-state index is 0.104. The van der Waals surface area contributed by atoms with Crippen molar-refractivity contribution in [3.05, 3.63) is 76.9 Å². The summed E-state index contributed by atoms with van der Waals surface area (Å²) in [5.74, 6) is 0.898. The van der Waals surface area contributed by atoms with Gasteiger partial charge in [-0.1, -0.05) is 60.0 Å². The molecule has 4 nitrogen and oxygen atoms in total. The van der Waals surface area contributed by atoms with Gasteiger partial charge < -0.3 is 14.6 Å². The smallest absolute Gasteiger partial charge is 0.224 e. The first-order chi connectivity index (χ1) is 15.1. The lowest BCUT2D eigenvalue weighted by molar-refractivity contribution is -0.121. The van der Waals surface area contributed by atoms with E-state index in [4.69, 9.17) is 4.74 Å². The van der Waals surface area contributed by atoms with Gasteiger partial charge in [0.25, 0.3) is 0 Å². The molecule has 162 valence electrons. The summed E-state index contributed by atoms with van der Waals surface area (Å²) in [6.45, 7) is 4.93. The average molecular weight is 481 g/mol. The summed E-state index contributed by atoms with van der Waals surface area (Å²) in [5.41, 5.74) is 3.35. The molecule has 5 heteroatoms. The van der Waals surface area contributed by atoms with Crippen LogP contribution in [-0.2, 0) is 17.8 Å². The lowest BCUT2D eigenvalue weighted by Gasteiger charge is -2.22. The fourth-order valence-corrected chi connectivity index (χ4v) is 4.62. The average Bonchev–Trinajstić information content (AvgIpc) is 3.10. The van der Waals surface area contributed by atoms with Crippen LogP contribution in [0.15, 0.2) is 65.8 Å². The van der Waals surface area contributed by atoms with Crippen molar-refractivity contribution in [1.29, 1.82) is 0 Å². The van der Waals surface area contributed by atoms with Crippen molar-refractivity contribution in [1.82, 2.24) is 9.88 Å². The van der Waals surface area contributed by atoms with Crippen LogP contribution in [0.25, 0.3) is 10.9 Å². The summed E-state index contributed by atoms with van der Waals surface area (Å²) in [6.07, 6.45) is 10.1. The van der Waals surface area contributed by atoms with Crippen LogP contribution in [0.4, 0.5) is 0 Å². The fourth-order valence-electron chi connectivity index (χ4n) is 4.35. The van der Waals surface area contributed by atoms with E-state index in [1.165, 1.54) is 24.8 Å². The Morgan fingerprint density at radius 2 is 1.94 bits per heavy atom. The fraction of sp³-hybridized carbons (Fsp3) is 0.346. The van der Waals surface area contributed by atoms with Gasteiger partial charge in [-0.2, -0.15) is 0 Å². The highest BCUT2D eigenvalue weighted by molar-refractivity contribution is 9.10. The van der Waals surface area contributed by atoms with E-state index in [9.17, 15) is 4.79 Å². The maximum atomic E-state index is 12.8. The molecular formula is C26H29BrN2O2. The van der Waals surface area contributed by atoms with Gasteiger partial charge in [-0.15, -0.1) is 0 Å². The Bertz CT molecular complexity index is 1050. The highest BCUT2D eigenvalue weighted by Gasteiger charge is 2.18. The Labute approximate surface area is 192 Å². The number of amides is 1. The molecule has 31 heavy (non-hydrogen) atoms. The van der Waals surface area contributed by atoms with Crippen molar-refractivity contribution in [3.63, 3.8) is 0 Å². The van der Waals surface area contributed by atoms with Crippen LogP contribution in [0.5, 0.6) is 5.75 Å². The monoisotopic (exact) mass is 480 g/mol. The van der Waals surface area contributed by atoms with Crippen LogP contribution in [0.2, 0.25) is 0 Å². The maximum Gasteiger partial charge on any atom is 0.224 e. The lowest BCUT2D eigenvalue weighted by atomic mass is 9.95. The van der Waals surface area contributed by atoms with Crippen LogP contribution in [0.3, 0.4) is 0 Å². The third-order valence-corrected chi connectivity index (χ3v) is 6.42. The molecule has 1 N–H and O–H groups in total. The number of nitrogens with zero attached hydrogens (tertiary/aromatic N) is 1. The zero-order valence-corrected chi connectivity index (χ0v) is 19.4. The molecular weight excluding hydrogens is 452 g/mol. The van der Waals surface area contributed by atoms with E-state index in [1.807, 2.05) is 12.1 Å². The number of carbonyl (C=O) groups is 1. The van der Waals surface area contributed by atoms with Crippen molar-refractivity contribution in [2.24, 2.45) is 0 Å². The lowest BCUT2D eigenvalue weighted by Crippen LogP contribution is -2.37. The number of nitrogens with one attached hydrogen (secondary N) is 1.